The molecule has 0 saturated carbocycles. The Morgan fingerprint density at radius 3 is 2.89 bits per heavy atom. The predicted octanol–water partition coefficient (Wildman–Crippen LogP) is 2.71. The second kappa shape index (κ2) is 6.15. The monoisotopic (exact) mass is 282 g/mol. The van der Waals surface area contributed by atoms with E-state index in [2.05, 4.69) is 28.4 Å². The number of anilines is 1. The Hall–Kier alpha value is -1.14. The fourth-order valence-corrected chi connectivity index (χ4v) is 2.89. The highest BCUT2D eigenvalue weighted by Gasteiger charge is 2.05. The zero-order valence-electron chi connectivity index (χ0n) is 10.1. The van der Waals surface area contributed by atoms with Crippen molar-refractivity contribution in [3.8, 4) is 0 Å². The number of halogens is 1. The van der Waals surface area contributed by atoms with Crippen molar-refractivity contribution >= 4 is 28.8 Å². The van der Waals surface area contributed by atoms with Crippen LogP contribution in [0.3, 0.4) is 0 Å². The van der Waals surface area contributed by atoms with Crippen molar-refractivity contribution in [1.82, 2.24) is 9.88 Å². The molecular formula is C12H15ClN4S. The van der Waals surface area contributed by atoms with E-state index in [1.165, 1.54) is 10.4 Å². The molecule has 3 N–H and O–H groups in total. The van der Waals surface area contributed by atoms with E-state index in [4.69, 9.17) is 17.4 Å². The molecule has 0 aliphatic carbocycles. The first-order chi connectivity index (χ1) is 8.67. The molecule has 0 aliphatic rings. The molecule has 0 bridgehead atoms. The van der Waals surface area contributed by atoms with E-state index in [1.807, 2.05) is 18.2 Å². The summed E-state index contributed by atoms with van der Waals surface area (Å²) in [6.45, 7) is 1.72. The fourth-order valence-electron chi connectivity index (χ4n) is 1.72. The average Bonchev–Trinajstić information content (AvgIpc) is 2.74. The molecule has 18 heavy (non-hydrogen) atoms. The highest BCUT2D eigenvalue weighted by molar-refractivity contribution is 7.16. The van der Waals surface area contributed by atoms with Gasteiger partial charge in [0.15, 0.2) is 0 Å². The van der Waals surface area contributed by atoms with Crippen LogP contribution in [0.5, 0.6) is 0 Å². The smallest absolute Gasteiger partial charge is 0.140 e. The number of aromatic nitrogens is 1. The van der Waals surface area contributed by atoms with Crippen LogP contribution < -0.4 is 11.3 Å². The summed E-state index contributed by atoms with van der Waals surface area (Å²) in [6, 6.07) is 7.91. The van der Waals surface area contributed by atoms with Crippen LogP contribution in [0.25, 0.3) is 0 Å². The number of nitrogens with two attached hydrogens (primary N) is 1. The van der Waals surface area contributed by atoms with Crippen LogP contribution >= 0.6 is 22.9 Å². The Kier molecular flexibility index (Phi) is 4.54. The molecule has 0 aromatic carbocycles. The lowest BCUT2D eigenvalue weighted by Crippen LogP contribution is -2.17. The normalized spacial score (nSPS) is 10.9. The van der Waals surface area contributed by atoms with Crippen LogP contribution in [0, 0.1) is 0 Å². The van der Waals surface area contributed by atoms with Gasteiger partial charge in [-0.15, -0.1) is 11.3 Å². The zero-order chi connectivity index (χ0) is 13.0. The van der Waals surface area contributed by atoms with Gasteiger partial charge in [-0.05, 0) is 36.9 Å². The van der Waals surface area contributed by atoms with E-state index < -0.39 is 0 Å². The molecule has 2 rings (SSSR count). The summed E-state index contributed by atoms with van der Waals surface area (Å²) in [7, 11) is 2.07. The first-order valence-electron chi connectivity index (χ1n) is 5.51. The molecule has 2 aromatic heterocycles. The molecule has 0 saturated heterocycles. The maximum atomic E-state index is 5.91. The fraction of sp³-hybridized carbons (Fsp3) is 0.250. The summed E-state index contributed by atoms with van der Waals surface area (Å²) in [6.07, 6.45) is 1.75. The van der Waals surface area contributed by atoms with Crippen LogP contribution in [-0.2, 0) is 13.1 Å². The molecule has 0 fully saturated rings. The molecule has 0 spiro atoms. The summed E-state index contributed by atoms with van der Waals surface area (Å²) >= 11 is 7.53. The molecule has 0 unspecified atom stereocenters. The van der Waals surface area contributed by atoms with Crippen molar-refractivity contribution < 1.29 is 0 Å². The Bertz CT molecular complexity index is 514. The molecule has 6 heteroatoms. The number of nitrogens with one attached hydrogen (secondary N) is 1. The summed E-state index contributed by atoms with van der Waals surface area (Å²) in [5, 5.41) is 0. The number of hydrogen-bond acceptors (Lipinski definition) is 5. The Balaban J connectivity index is 1.96. The number of nitrogen functional groups attached to an aromatic ring is 1. The van der Waals surface area contributed by atoms with Gasteiger partial charge in [-0.3, -0.25) is 4.90 Å². The SMILES string of the molecule is CN(Cc1ccnc(NN)c1)Cc1ccc(Cl)s1. The van der Waals surface area contributed by atoms with E-state index in [1.54, 1.807) is 17.5 Å². The lowest BCUT2D eigenvalue weighted by atomic mass is 10.2. The Morgan fingerprint density at radius 2 is 2.22 bits per heavy atom. The number of nitrogens with zero attached hydrogens (tertiary/aromatic N) is 2. The third-order valence-electron chi connectivity index (χ3n) is 2.48. The van der Waals surface area contributed by atoms with Gasteiger partial charge in [0, 0.05) is 24.2 Å². The molecule has 0 radical (unpaired) electrons. The first-order valence-corrected chi connectivity index (χ1v) is 6.71. The quantitative estimate of drug-likeness (QED) is 0.654. The Labute approximate surface area is 115 Å². The van der Waals surface area contributed by atoms with Gasteiger partial charge in [0.25, 0.3) is 0 Å². The minimum atomic E-state index is 0.681. The zero-order valence-corrected chi connectivity index (χ0v) is 11.6. The van der Waals surface area contributed by atoms with Crippen molar-refractivity contribution in [1.29, 1.82) is 0 Å². The van der Waals surface area contributed by atoms with E-state index in [-0.39, 0.29) is 0 Å². The molecule has 0 aliphatic heterocycles. The molecule has 2 aromatic rings. The van der Waals surface area contributed by atoms with Gasteiger partial charge in [0.05, 0.1) is 4.34 Å². The van der Waals surface area contributed by atoms with Crippen molar-refractivity contribution in [2.24, 2.45) is 5.84 Å². The molecule has 96 valence electrons. The maximum absolute atomic E-state index is 5.91. The number of hydrazine groups is 1. The topological polar surface area (TPSA) is 54.2 Å². The second-order valence-electron chi connectivity index (χ2n) is 4.07. The van der Waals surface area contributed by atoms with Crippen molar-refractivity contribution in [3.05, 3.63) is 45.2 Å². The molecule has 0 atom stereocenters. The molecule has 4 nitrogen and oxygen atoms in total. The van der Waals surface area contributed by atoms with E-state index >= 15 is 0 Å². The van der Waals surface area contributed by atoms with Crippen LogP contribution in [0.15, 0.2) is 30.5 Å². The number of hydrogen-bond donors (Lipinski definition) is 2. The highest BCUT2D eigenvalue weighted by atomic mass is 35.5. The van der Waals surface area contributed by atoms with Gasteiger partial charge in [-0.25, -0.2) is 10.8 Å². The van der Waals surface area contributed by atoms with Gasteiger partial charge in [-0.2, -0.15) is 0 Å². The van der Waals surface area contributed by atoms with Gasteiger partial charge in [0.1, 0.15) is 5.82 Å². The summed E-state index contributed by atoms with van der Waals surface area (Å²) in [5.74, 6) is 6.02. The van der Waals surface area contributed by atoms with E-state index in [9.17, 15) is 0 Å². The average molecular weight is 283 g/mol. The Morgan fingerprint density at radius 1 is 1.39 bits per heavy atom. The summed E-state index contributed by atoms with van der Waals surface area (Å²) in [5.41, 5.74) is 3.72. The summed E-state index contributed by atoms with van der Waals surface area (Å²) in [4.78, 5) is 7.56. The highest BCUT2D eigenvalue weighted by Crippen LogP contribution is 2.22. The van der Waals surface area contributed by atoms with E-state index in [0.29, 0.717) is 5.82 Å². The lowest BCUT2D eigenvalue weighted by Gasteiger charge is -2.15. The van der Waals surface area contributed by atoms with Gasteiger partial charge in [-0.1, -0.05) is 11.6 Å². The standard InChI is InChI=1S/C12H15ClN4S/c1-17(8-10-2-3-11(13)18-10)7-9-4-5-15-12(6-9)16-14/h2-6H,7-8,14H2,1H3,(H,15,16). The van der Waals surface area contributed by atoms with Crippen LogP contribution in [-0.4, -0.2) is 16.9 Å². The van der Waals surface area contributed by atoms with Gasteiger partial charge < -0.3 is 5.43 Å². The first kappa shape index (κ1) is 13.3. The number of rotatable bonds is 5. The van der Waals surface area contributed by atoms with E-state index in [0.717, 1.165) is 17.4 Å². The number of pyridine rings is 1. The third-order valence-corrected chi connectivity index (χ3v) is 3.70. The molecule has 2 heterocycles. The minimum Gasteiger partial charge on any atom is -0.308 e. The third kappa shape index (κ3) is 3.68. The van der Waals surface area contributed by atoms with Gasteiger partial charge in [0.2, 0.25) is 0 Å². The van der Waals surface area contributed by atoms with Crippen molar-refractivity contribution in [3.63, 3.8) is 0 Å². The predicted molar refractivity (Wildman–Crippen MR) is 76.5 cm³/mol. The molecule has 0 amide bonds. The minimum absolute atomic E-state index is 0.681. The van der Waals surface area contributed by atoms with Crippen LogP contribution in [0.4, 0.5) is 5.82 Å². The second-order valence-corrected chi connectivity index (χ2v) is 5.87. The van der Waals surface area contributed by atoms with Crippen molar-refractivity contribution in [2.75, 3.05) is 12.5 Å². The van der Waals surface area contributed by atoms with Crippen molar-refractivity contribution in [2.45, 2.75) is 13.1 Å². The number of thiophene rings is 1. The maximum Gasteiger partial charge on any atom is 0.140 e. The summed E-state index contributed by atoms with van der Waals surface area (Å²) < 4.78 is 0.830. The van der Waals surface area contributed by atoms with Gasteiger partial charge >= 0.3 is 0 Å². The largest absolute Gasteiger partial charge is 0.308 e. The lowest BCUT2D eigenvalue weighted by molar-refractivity contribution is 0.322. The molecular weight excluding hydrogens is 268 g/mol. The van der Waals surface area contributed by atoms with Crippen LogP contribution in [0.2, 0.25) is 4.34 Å². The van der Waals surface area contributed by atoms with Crippen LogP contribution in [0.1, 0.15) is 10.4 Å².